The first-order chi connectivity index (χ1) is 15.5. The highest BCUT2D eigenvalue weighted by molar-refractivity contribution is 5.72. The van der Waals surface area contributed by atoms with Gasteiger partial charge in [0.15, 0.2) is 0 Å². The first kappa shape index (κ1) is 24.0. The van der Waals surface area contributed by atoms with Crippen LogP contribution in [0.4, 0.5) is 0 Å². The molecule has 0 aliphatic carbocycles. The van der Waals surface area contributed by atoms with Crippen molar-refractivity contribution in [1.82, 2.24) is 0 Å². The number of rotatable bonds is 10. The van der Waals surface area contributed by atoms with E-state index in [0.717, 1.165) is 29.5 Å². The molecule has 0 fully saturated rings. The highest BCUT2D eigenvalue weighted by Crippen LogP contribution is 2.37. The Bertz CT molecular complexity index is 1030. The van der Waals surface area contributed by atoms with E-state index in [1.807, 2.05) is 19.9 Å². The molecule has 0 unspecified atom stereocenters. The van der Waals surface area contributed by atoms with Crippen LogP contribution in [0.2, 0.25) is 0 Å². The molecule has 3 heteroatoms. The first-order valence-electron chi connectivity index (χ1n) is 11.6. The molecule has 0 bridgehead atoms. The zero-order chi connectivity index (χ0) is 23.1. The lowest BCUT2D eigenvalue weighted by molar-refractivity contribution is 0.0266. The molecule has 32 heavy (non-hydrogen) atoms. The number of hydrogen-bond donors (Lipinski definition) is 2. The van der Waals surface area contributed by atoms with Crippen molar-refractivity contribution in [3.63, 3.8) is 0 Å². The van der Waals surface area contributed by atoms with Crippen molar-refractivity contribution in [2.75, 3.05) is 0 Å². The molecule has 0 amide bonds. The van der Waals surface area contributed by atoms with Gasteiger partial charge in [-0.3, -0.25) is 0 Å². The van der Waals surface area contributed by atoms with Crippen molar-refractivity contribution in [2.24, 2.45) is 0 Å². The molecule has 0 saturated carbocycles. The van der Waals surface area contributed by atoms with Crippen LogP contribution in [0.3, 0.4) is 0 Å². The zero-order valence-corrected chi connectivity index (χ0v) is 19.7. The van der Waals surface area contributed by atoms with Gasteiger partial charge in [0.25, 0.3) is 0 Å². The van der Waals surface area contributed by atoms with Gasteiger partial charge in [-0.1, -0.05) is 63.6 Å². The number of benzene rings is 3. The Balaban J connectivity index is 2.08. The molecule has 0 aromatic heterocycles. The van der Waals surface area contributed by atoms with Crippen LogP contribution in [-0.2, 0) is 25.2 Å². The third-order valence-corrected chi connectivity index (χ3v) is 6.35. The van der Waals surface area contributed by atoms with Gasteiger partial charge in [-0.2, -0.15) is 0 Å². The van der Waals surface area contributed by atoms with Crippen LogP contribution >= 0.6 is 0 Å². The summed E-state index contributed by atoms with van der Waals surface area (Å²) in [6, 6.07) is 21.3. The van der Waals surface area contributed by atoms with Gasteiger partial charge < -0.3 is 14.9 Å². The van der Waals surface area contributed by atoms with Gasteiger partial charge in [-0.05, 0) is 89.4 Å². The van der Waals surface area contributed by atoms with Gasteiger partial charge in [0.2, 0.25) is 0 Å². The Kier molecular flexibility index (Phi) is 8.11. The second-order valence-electron chi connectivity index (χ2n) is 8.47. The maximum Gasteiger partial charge on any atom is 0.120 e. The second kappa shape index (κ2) is 10.8. The van der Waals surface area contributed by atoms with Crippen LogP contribution in [0, 0.1) is 13.0 Å². The summed E-state index contributed by atoms with van der Waals surface area (Å²) in [4.78, 5) is 0. The fourth-order valence-corrected chi connectivity index (χ4v) is 4.33. The molecule has 0 aliphatic heterocycles. The smallest absolute Gasteiger partial charge is 0.120 e. The summed E-state index contributed by atoms with van der Waals surface area (Å²) in [6.07, 6.45) is 3.39. The molecule has 0 spiro atoms. The molecule has 2 N–H and O–H groups in total. The summed E-state index contributed by atoms with van der Waals surface area (Å²) >= 11 is 0. The third kappa shape index (κ3) is 5.23. The topological polar surface area (TPSA) is 49.7 Å². The van der Waals surface area contributed by atoms with Crippen molar-refractivity contribution < 1.29 is 14.9 Å². The quantitative estimate of drug-likeness (QED) is 0.385. The van der Waals surface area contributed by atoms with E-state index in [2.05, 4.69) is 56.3 Å². The summed E-state index contributed by atoms with van der Waals surface area (Å²) in [5.41, 5.74) is 6.64. The summed E-state index contributed by atoms with van der Waals surface area (Å²) in [6.45, 7) is 8.64. The monoisotopic (exact) mass is 431 g/mol. The van der Waals surface area contributed by atoms with E-state index in [1.165, 1.54) is 16.7 Å². The molecule has 3 aromatic carbocycles. The van der Waals surface area contributed by atoms with Gasteiger partial charge in [0, 0.05) is 0 Å². The Morgan fingerprint density at radius 1 is 0.938 bits per heavy atom. The minimum atomic E-state index is -0.897. The van der Waals surface area contributed by atoms with Gasteiger partial charge in [0.05, 0.1) is 12.2 Å². The van der Waals surface area contributed by atoms with Crippen molar-refractivity contribution in [2.45, 2.75) is 72.2 Å². The summed E-state index contributed by atoms with van der Waals surface area (Å²) in [5, 5.41) is 20.8. The molecular formula is C29H35O3. The average molecular weight is 432 g/mol. The maximum absolute atomic E-state index is 11.4. The van der Waals surface area contributed by atoms with E-state index in [9.17, 15) is 10.2 Å². The lowest BCUT2D eigenvalue weighted by atomic mass is 9.82. The van der Waals surface area contributed by atoms with Crippen molar-refractivity contribution in [3.05, 3.63) is 88.5 Å². The fourth-order valence-electron chi connectivity index (χ4n) is 4.33. The Labute approximate surface area is 192 Å². The number of hydrogen-bond acceptors (Lipinski definition) is 3. The van der Waals surface area contributed by atoms with E-state index in [1.54, 1.807) is 12.1 Å². The molecule has 3 rings (SSSR count). The minimum absolute atomic E-state index is 0.0727. The third-order valence-electron chi connectivity index (χ3n) is 6.35. The van der Waals surface area contributed by atoms with E-state index >= 15 is 0 Å². The fraction of sp³-hybridized carbons (Fsp3) is 0.379. The van der Waals surface area contributed by atoms with E-state index in [0.29, 0.717) is 30.8 Å². The van der Waals surface area contributed by atoms with E-state index in [-0.39, 0.29) is 6.61 Å². The Morgan fingerprint density at radius 3 is 2.38 bits per heavy atom. The minimum Gasteiger partial charge on any atom is -0.489 e. The number of ether oxygens (including phenoxy) is 1. The van der Waals surface area contributed by atoms with Crippen LogP contribution in [0.25, 0.3) is 11.1 Å². The maximum atomic E-state index is 11.4. The van der Waals surface area contributed by atoms with Gasteiger partial charge in [-0.15, -0.1) is 0 Å². The predicted molar refractivity (Wildman–Crippen MR) is 131 cm³/mol. The highest BCUT2D eigenvalue weighted by atomic mass is 16.5. The standard InChI is InChI=1S/C29H35O3/c1-5-11-23-13-8-9-15-26(23)27-18-24(20-32-25-14-10-12-22(17-25)19-30)28(16-21(27)4)29(31,6-2)7-3/h8-10,13-18,30-31H,5-7,11,19-20H2,1-4H3. The van der Waals surface area contributed by atoms with Crippen LogP contribution in [0.5, 0.6) is 5.75 Å². The second-order valence-corrected chi connectivity index (χ2v) is 8.47. The van der Waals surface area contributed by atoms with Crippen molar-refractivity contribution in [3.8, 4) is 16.9 Å². The SMILES string of the molecule is CCCc1ccccc1-c1cc(COc2cc[c]c(CO)c2)c(C(O)(CC)CC)cc1C. The van der Waals surface area contributed by atoms with Crippen molar-refractivity contribution in [1.29, 1.82) is 0 Å². The molecule has 0 heterocycles. The number of aliphatic hydroxyl groups excluding tert-OH is 1. The normalized spacial score (nSPS) is 11.6. The first-order valence-corrected chi connectivity index (χ1v) is 11.6. The summed E-state index contributed by atoms with van der Waals surface area (Å²) in [7, 11) is 0. The van der Waals surface area contributed by atoms with E-state index < -0.39 is 5.60 Å². The molecule has 0 saturated heterocycles. The summed E-state index contributed by atoms with van der Waals surface area (Å²) in [5.74, 6) is 0.684. The molecule has 0 aliphatic rings. The number of aryl methyl sites for hydroxylation is 2. The van der Waals surface area contributed by atoms with Gasteiger partial charge in [-0.25, -0.2) is 0 Å². The molecule has 3 aromatic rings. The Hall–Kier alpha value is -2.62. The molecule has 169 valence electrons. The predicted octanol–water partition coefficient (Wildman–Crippen LogP) is 6.49. The zero-order valence-electron chi connectivity index (χ0n) is 19.7. The molecule has 0 atom stereocenters. The molecular weight excluding hydrogens is 396 g/mol. The number of aliphatic hydroxyl groups is 2. The van der Waals surface area contributed by atoms with Gasteiger partial charge in [0.1, 0.15) is 12.4 Å². The van der Waals surface area contributed by atoms with Crippen LogP contribution in [-0.4, -0.2) is 10.2 Å². The van der Waals surface area contributed by atoms with Crippen LogP contribution in [0.1, 0.15) is 67.9 Å². The van der Waals surface area contributed by atoms with Gasteiger partial charge >= 0.3 is 0 Å². The lowest BCUT2D eigenvalue weighted by Crippen LogP contribution is -2.26. The highest BCUT2D eigenvalue weighted by Gasteiger charge is 2.29. The Morgan fingerprint density at radius 2 is 1.69 bits per heavy atom. The molecule has 1 radical (unpaired) electrons. The molecule has 3 nitrogen and oxygen atoms in total. The summed E-state index contributed by atoms with van der Waals surface area (Å²) < 4.78 is 6.13. The van der Waals surface area contributed by atoms with Crippen LogP contribution in [0.15, 0.2) is 54.6 Å². The lowest BCUT2D eigenvalue weighted by Gasteiger charge is -2.30. The van der Waals surface area contributed by atoms with Crippen molar-refractivity contribution >= 4 is 0 Å². The largest absolute Gasteiger partial charge is 0.489 e. The average Bonchev–Trinajstić information content (AvgIpc) is 2.83. The van der Waals surface area contributed by atoms with E-state index in [4.69, 9.17) is 4.74 Å². The van der Waals surface area contributed by atoms with Crippen LogP contribution < -0.4 is 4.74 Å².